The van der Waals surface area contributed by atoms with Crippen LogP contribution in [-0.2, 0) is 13.5 Å². The number of carbonyl (C=O) groups is 1. The van der Waals surface area contributed by atoms with Gasteiger partial charge in [-0.1, -0.05) is 28.1 Å². The van der Waals surface area contributed by atoms with E-state index in [2.05, 4.69) is 54.5 Å². The smallest absolute Gasteiger partial charge is 0.261 e. The predicted octanol–water partition coefficient (Wildman–Crippen LogP) is 5.29. The zero-order valence-electron chi connectivity index (χ0n) is 17.5. The Morgan fingerprint density at radius 2 is 1.87 bits per heavy atom. The average molecular weight is 566 g/mol. The minimum atomic E-state index is -0.365. The molecule has 31 heavy (non-hydrogen) atoms. The van der Waals surface area contributed by atoms with Gasteiger partial charge in [-0.25, -0.2) is 0 Å². The number of benzene rings is 2. The summed E-state index contributed by atoms with van der Waals surface area (Å²) in [4.78, 5) is 12.7. The molecule has 2 aromatic carbocycles. The van der Waals surface area contributed by atoms with Crippen molar-refractivity contribution in [2.45, 2.75) is 20.3 Å². The Bertz CT molecular complexity index is 1140. The summed E-state index contributed by atoms with van der Waals surface area (Å²) in [5.41, 5.74) is 5.77. The van der Waals surface area contributed by atoms with Gasteiger partial charge in [-0.05, 0) is 71.8 Å². The number of aryl methyl sites for hydroxylation is 2. The van der Waals surface area contributed by atoms with Crippen LogP contribution < -0.4 is 15.4 Å². The highest BCUT2D eigenvalue weighted by Gasteiger charge is 2.17. The van der Waals surface area contributed by atoms with Gasteiger partial charge in [0, 0.05) is 34.9 Å². The maximum Gasteiger partial charge on any atom is 0.261 e. The largest absolute Gasteiger partial charge is 0.495 e. The highest BCUT2D eigenvalue weighted by Crippen LogP contribution is 2.32. The number of rotatable bonds is 5. The third kappa shape index (κ3) is 5.53. The number of hydrogen-bond donors (Lipinski definition) is 2. The molecule has 1 aromatic heterocycles. The number of hydrogen-bond acceptors (Lipinski definition) is 4. The summed E-state index contributed by atoms with van der Waals surface area (Å²) in [5.74, 6) is 0.0735. The molecule has 162 valence electrons. The first-order valence-electron chi connectivity index (χ1n) is 9.43. The summed E-state index contributed by atoms with van der Waals surface area (Å²) in [5, 5.41) is 10.4. The van der Waals surface area contributed by atoms with Crippen LogP contribution in [0.1, 0.15) is 32.9 Å². The zero-order valence-corrected chi connectivity index (χ0v) is 21.5. The lowest BCUT2D eigenvalue weighted by atomic mass is 10.0. The number of halogens is 2. The maximum atomic E-state index is 12.7. The molecule has 0 unspecified atom stereocenters. The Morgan fingerprint density at radius 3 is 2.45 bits per heavy atom. The molecule has 3 aromatic rings. The van der Waals surface area contributed by atoms with Gasteiger partial charge in [0.25, 0.3) is 5.91 Å². The quantitative estimate of drug-likeness (QED) is 0.411. The number of anilines is 1. The second-order valence-electron chi connectivity index (χ2n) is 7.02. The lowest BCUT2D eigenvalue weighted by Gasteiger charge is -2.13. The van der Waals surface area contributed by atoms with Crippen LogP contribution in [0.2, 0.25) is 0 Å². The number of thiocarbonyl (C=S) groups is 1. The van der Waals surface area contributed by atoms with E-state index >= 15 is 0 Å². The van der Waals surface area contributed by atoms with Crippen molar-refractivity contribution < 1.29 is 9.53 Å². The third-order valence-corrected chi connectivity index (χ3v) is 6.19. The second kappa shape index (κ2) is 9.93. The molecule has 0 aliphatic rings. The topological polar surface area (TPSA) is 68.2 Å². The summed E-state index contributed by atoms with van der Waals surface area (Å²) >= 11 is 12.1. The van der Waals surface area contributed by atoms with Gasteiger partial charge in [0.15, 0.2) is 5.11 Å². The molecule has 0 spiro atoms. The normalized spacial score (nSPS) is 10.6. The van der Waals surface area contributed by atoms with Gasteiger partial charge in [-0.3, -0.25) is 14.8 Å². The summed E-state index contributed by atoms with van der Waals surface area (Å²) in [6.45, 7) is 4.10. The number of nitrogens with one attached hydrogen (secondary N) is 2. The minimum Gasteiger partial charge on any atom is -0.495 e. The fourth-order valence-electron chi connectivity index (χ4n) is 3.25. The van der Waals surface area contributed by atoms with Crippen LogP contribution >= 0.6 is 44.1 Å². The molecule has 0 atom stereocenters. The summed E-state index contributed by atoms with van der Waals surface area (Å²) in [6, 6.07) is 11.4. The third-order valence-electron chi connectivity index (χ3n) is 4.94. The molecular formula is C22H22Br2N4O2S. The summed E-state index contributed by atoms with van der Waals surface area (Å²) in [6.07, 6.45) is 0.810. The van der Waals surface area contributed by atoms with Crippen LogP contribution in [0.15, 0.2) is 45.3 Å². The molecule has 0 radical (unpaired) electrons. The van der Waals surface area contributed by atoms with Crippen molar-refractivity contribution in [3.05, 3.63) is 73.4 Å². The van der Waals surface area contributed by atoms with Crippen molar-refractivity contribution in [3.8, 4) is 5.75 Å². The van der Waals surface area contributed by atoms with Gasteiger partial charge in [-0.15, -0.1) is 0 Å². The predicted molar refractivity (Wildman–Crippen MR) is 134 cm³/mol. The first-order valence-corrected chi connectivity index (χ1v) is 11.4. The fraction of sp³-hybridized carbons (Fsp3) is 0.227. The summed E-state index contributed by atoms with van der Waals surface area (Å²) < 4.78 is 8.66. The van der Waals surface area contributed by atoms with Crippen molar-refractivity contribution in [2.24, 2.45) is 7.05 Å². The minimum absolute atomic E-state index is 0.204. The Labute approximate surface area is 203 Å². The van der Waals surface area contributed by atoms with Gasteiger partial charge >= 0.3 is 0 Å². The molecule has 3 rings (SSSR count). The monoisotopic (exact) mass is 564 g/mol. The number of aromatic nitrogens is 2. The average Bonchev–Trinajstić information content (AvgIpc) is 2.94. The molecule has 2 N–H and O–H groups in total. The van der Waals surface area contributed by atoms with Crippen LogP contribution in [0.5, 0.6) is 5.75 Å². The van der Waals surface area contributed by atoms with Crippen LogP contribution in [0, 0.1) is 13.8 Å². The maximum absolute atomic E-state index is 12.7. The molecular weight excluding hydrogens is 544 g/mol. The van der Waals surface area contributed by atoms with Gasteiger partial charge in [0.1, 0.15) is 5.75 Å². The van der Waals surface area contributed by atoms with E-state index < -0.39 is 0 Å². The second-order valence-corrected chi connectivity index (χ2v) is 9.20. The van der Waals surface area contributed by atoms with Gasteiger partial charge in [0.05, 0.1) is 22.8 Å². The van der Waals surface area contributed by atoms with E-state index in [1.807, 2.05) is 49.0 Å². The highest BCUT2D eigenvalue weighted by molar-refractivity contribution is 9.11. The van der Waals surface area contributed by atoms with Gasteiger partial charge < -0.3 is 10.1 Å². The van der Waals surface area contributed by atoms with Crippen molar-refractivity contribution in [2.75, 3.05) is 12.4 Å². The van der Waals surface area contributed by atoms with Crippen LogP contribution in [0.25, 0.3) is 0 Å². The Balaban J connectivity index is 1.65. The number of carbonyl (C=O) groups excluding carboxylic acids is 1. The van der Waals surface area contributed by atoms with E-state index in [4.69, 9.17) is 17.0 Å². The number of ether oxygens (including phenoxy) is 1. The first kappa shape index (κ1) is 23.4. The van der Waals surface area contributed by atoms with Crippen molar-refractivity contribution in [1.82, 2.24) is 15.1 Å². The van der Waals surface area contributed by atoms with Crippen molar-refractivity contribution in [1.29, 1.82) is 0 Å². The Kier molecular flexibility index (Phi) is 7.51. The standard InChI is InChI=1S/C22H22Br2N4O2S/c1-12-17(13(2)28(3)27-12)9-14-5-7-16(8-6-14)25-22(31)26-21(29)18-10-15(23)11-19(24)20(18)30-4/h5-8,10-11H,9H2,1-4H3,(H2,25,26,29,31). The molecule has 0 bridgehead atoms. The van der Waals surface area contributed by atoms with E-state index in [1.54, 1.807) is 6.07 Å². The molecule has 0 aliphatic carbocycles. The van der Waals surface area contributed by atoms with Crippen LogP contribution in [0.3, 0.4) is 0 Å². The van der Waals surface area contributed by atoms with Crippen molar-refractivity contribution in [3.63, 3.8) is 0 Å². The molecule has 6 nitrogen and oxygen atoms in total. The molecule has 0 saturated carbocycles. The van der Waals surface area contributed by atoms with E-state index in [0.717, 1.165) is 22.3 Å². The Hall–Kier alpha value is -2.23. The fourth-order valence-corrected chi connectivity index (χ4v) is 4.85. The lowest BCUT2D eigenvalue weighted by Crippen LogP contribution is -2.34. The van der Waals surface area contributed by atoms with E-state index in [1.165, 1.54) is 23.9 Å². The Morgan fingerprint density at radius 1 is 1.19 bits per heavy atom. The first-order chi connectivity index (χ1) is 14.7. The van der Waals surface area contributed by atoms with E-state index in [9.17, 15) is 4.79 Å². The molecule has 1 heterocycles. The van der Waals surface area contributed by atoms with Crippen molar-refractivity contribution >= 4 is 60.8 Å². The van der Waals surface area contributed by atoms with E-state index in [0.29, 0.717) is 15.8 Å². The van der Waals surface area contributed by atoms with Gasteiger partial charge in [0.2, 0.25) is 0 Å². The van der Waals surface area contributed by atoms with E-state index in [-0.39, 0.29) is 11.0 Å². The van der Waals surface area contributed by atoms with Crippen LogP contribution in [0.4, 0.5) is 5.69 Å². The zero-order chi connectivity index (χ0) is 22.7. The summed E-state index contributed by atoms with van der Waals surface area (Å²) in [7, 11) is 3.47. The molecule has 0 aliphatic heterocycles. The highest BCUT2D eigenvalue weighted by atomic mass is 79.9. The van der Waals surface area contributed by atoms with Crippen LogP contribution in [-0.4, -0.2) is 27.9 Å². The number of nitrogens with zero attached hydrogens (tertiary/aromatic N) is 2. The van der Waals surface area contributed by atoms with Gasteiger partial charge in [-0.2, -0.15) is 5.10 Å². The molecule has 0 fully saturated rings. The lowest BCUT2D eigenvalue weighted by molar-refractivity contribution is 0.0974. The number of methoxy groups -OCH3 is 1. The SMILES string of the molecule is COc1c(Br)cc(Br)cc1C(=O)NC(=S)Nc1ccc(Cc2c(C)nn(C)c2C)cc1. The number of amides is 1. The molecule has 1 amide bonds. The molecule has 0 saturated heterocycles. The molecule has 9 heteroatoms.